The first kappa shape index (κ1) is 20.8. The maximum atomic E-state index is 12.5. The van der Waals surface area contributed by atoms with Gasteiger partial charge in [0.2, 0.25) is 0 Å². The second-order valence-electron chi connectivity index (χ2n) is 7.71. The highest BCUT2D eigenvalue weighted by molar-refractivity contribution is 5.97. The van der Waals surface area contributed by atoms with E-state index in [4.69, 9.17) is 0 Å². The minimum atomic E-state index is -0.241. The molecular formula is C23H28N6O2. The van der Waals surface area contributed by atoms with E-state index < -0.39 is 0 Å². The van der Waals surface area contributed by atoms with E-state index in [2.05, 4.69) is 33.1 Å². The Morgan fingerprint density at radius 1 is 1.06 bits per heavy atom. The molecule has 3 amide bonds. The van der Waals surface area contributed by atoms with Crippen molar-refractivity contribution in [1.82, 2.24) is 25.2 Å². The molecule has 0 aliphatic heterocycles. The van der Waals surface area contributed by atoms with E-state index in [1.54, 1.807) is 21.7 Å². The lowest BCUT2D eigenvalue weighted by molar-refractivity contribution is 0.0773. The standard InChI is InChI=1S/C23H28N6O2/c1-3-28(4-2)22(30)18-9-11-21-20(15-18)26-27-29(21)13-12-24-23(31)25-19-10-8-16-6-5-7-17(16)14-19/h8-11,14-15H,3-7,12-13H2,1-2H3,(H2,24,25,31). The van der Waals surface area contributed by atoms with Gasteiger partial charge in [0, 0.05) is 30.9 Å². The fourth-order valence-electron chi connectivity index (χ4n) is 4.06. The molecule has 2 N–H and O–H groups in total. The molecule has 1 aliphatic rings. The van der Waals surface area contributed by atoms with Gasteiger partial charge in [0.05, 0.1) is 12.1 Å². The van der Waals surface area contributed by atoms with Crippen LogP contribution in [-0.2, 0) is 19.4 Å². The van der Waals surface area contributed by atoms with Crippen LogP contribution in [0.4, 0.5) is 10.5 Å². The van der Waals surface area contributed by atoms with Crippen molar-refractivity contribution in [1.29, 1.82) is 0 Å². The smallest absolute Gasteiger partial charge is 0.319 e. The number of rotatable bonds is 7. The van der Waals surface area contributed by atoms with Crippen molar-refractivity contribution in [3.63, 3.8) is 0 Å². The molecule has 0 bridgehead atoms. The zero-order chi connectivity index (χ0) is 21.8. The largest absolute Gasteiger partial charge is 0.339 e. The van der Waals surface area contributed by atoms with Crippen LogP contribution in [0.1, 0.15) is 41.8 Å². The number of aromatic nitrogens is 3. The summed E-state index contributed by atoms with van der Waals surface area (Å²) in [5, 5.41) is 14.1. The molecule has 0 radical (unpaired) electrons. The normalized spacial score (nSPS) is 12.6. The Morgan fingerprint density at radius 3 is 2.68 bits per heavy atom. The van der Waals surface area contributed by atoms with Crippen molar-refractivity contribution in [3.05, 3.63) is 53.1 Å². The van der Waals surface area contributed by atoms with Gasteiger partial charge in [0.15, 0.2) is 0 Å². The second kappa shape index (κ2) is 9.16. The molecule has 8 heteroatoms. The number of hydrogen-bond acceptors (Lipinski definition) is 4. The van der Waals surface area contributed by atoms with E-state index in [1.165, 1.54) is 17.5 Å². The number of urea groups is 1. The highest BCUT2D eigenvalue weighted by Crippen LogP contribution is 2.24. The van der Waals surface area contributed by atoms with Gasteiger partial charge in [-0.25, -0.2) is 9.48 Å². The van der Waals surface area contributed by atoms with Gasteiger partial charge in [-0.3, -0.25) is 4.79 Å². The first-order chi connectivity index (χ1) is 15.1. The van der Waals surface area contributed by atoms with Crippen LogP contribution in [0.15, 0.2) is 36.4 Å². The Hall–Kier alpha value is -3.42. The van der Waals surface area contributed by atoms with Gasteiger partial charge in [-0.05, 0) is 74.6 Å². The number of nitrogens with zero attached hydrogens (tertiary/aromatic N) is 4. The molecule has 0 fully saturated rings. The number of aryl methyl sites for hydroxylation is 2. The summed E-state index contributed by atoms with van der Waals surface area (Å²) < 4.78 is 1.73. The van der Waals surface area contributed by atoms with Crippen molar-refractivity contribution < 1.29 is 9.59 Å². The molecular weight excluding hydrogens is 392 g/mol. The number of carbonyl (C=O) groups is 2. The highest BCUT2D eigenvalue weighted by Gasteiger charge is 2.15. The van der Waals surface area contributed by atoms with E-state index >= 15 is 0 Å². The van der Waals surface area contributed by atoms with E-state index in [0.717, 1.165) is 24.0 Å². The summed E-state index contributed by atoms with van der Waals surface area (Å²) in [4.78, 5) is 26.5. The lowest BCUT2D eigenvalue weighted by Crippen LogP contribution is -2.31. The average molecular weight is 421 g/mol. The predicted molar refractivity (Wildman–Crippen MR) is 120 cm³/mol. The molecule has 0 saturated carbocycles. The first-order valence-corrected chi connectivity index (χ1v) is 10.9. The lowest BCUT2D eigenvalue weighted by atomic mass is 10.1. The van der Waals surface area contributed by atoms with Crippen molar-refractivity contribution in [3.8, 4) is 0 Å². The lowest BCUT2D eigenvalue weighted by Gasteiger charge is -2.18. The minimum absolute atomic E-state index is 0.00802. The Labute approximate surface area is 181 Å². The maximum Gasteiger partial charge on any atom is 0.319 e. The maximum absolute atomic E-state index is 12.5. The topological polar surface area (TPSA) is 92.2 Å². The summed E-state index contributed by atoms with van der Waals surface area (Å²) >= 11 is 0. The third kappa shape index (κ3) is 4.52. The average Bonchev–Trinajstić information content (AvgIpc) is 3.40. The Bertz CT molecular complexity index is 1100. The number of benzene rings is 2. The highest BCUT2D eigenvalue weighted by atomic mass is 16.2. The number of nitrogens with one attached hydrogen (secondary N) is 2. The number of fused-ring (bicyclic) bond motifs is 2. The summed E-state index contributed by atoms with van der Waals surface area (Å²) in [6, 6.07) is 11.3. The van der Waals surface area contributed by atoms with Crippen molar-refractivity contribution in [2.75, 3.05) is 25.0 Å². The van der Waals surface area contributed by atoms with Gasteiger partial charge in [0.1, 0.15) is 5.52 Å². The molecule has 1 heterocycles. The number of carbonyl (C=O) groups excluding carboxylic acids is 2. The van der Waals surface area contributed by atoms with Gasteiger partial charge in [-0.15, -0.1) is 5.10 Å². The molecule has 1 aromatic heterocycles. The van der Waals surface area contributed by atoms with E-state index in [9.17, 15) is 9.59 Å². The fourth-order valence-corrected chi connectivity index (χ4v) is 4.06. The van der Waals surface area contributed by atoms with E-state index in [-0.39, 0.29) is 11.9 Å². The Balaban J connectivity index is 1.33. The molecule has 4 rings (SSSR count). The van der Waals surface area contributed by atoms with Crippen LogP contribution in [0.2, 0.25) is 0 Å². The zero-order valence-electron chi connectivity index (χ0n) is 18.0. The van der Waals surface area contributed by atoms with Gasteiger partial charge in [0.25, 0.3) is 5.91 Å². The second-order valence-corrected chi connectivity index (χ2v) is 7.71. The van der Waals surface area contributed by atoms with Crippen LogP contribution in [0, 0.1) is 0 Å². The molecule has 0 saturated heterocycles. The van der Waals surface area contributed by atoms with Crippen molar-refractivity contribution in [2.24, 2.45) is 0 Å². The van der Waals surface area contributed by atoms with Crippen LogP contribution < -0.4 is 10.6 Å². The Morgan fingerprint density at radius 2 is 1.87 bits per heavy atom. The van der Waals surface area contributed by atoms with Crippen LogP contribution in [0.3, 0.4) is 0 Å². The molecule has 0 spiro atoms. The predicted octanol–water partition coefficient (Wildman–Crippen LogP) is 3.22. The van der Waals surface area contributed by atoms with Crippen LogP contribution in [0.25, 0.3) is 11.0 Å². The van der Waals surface area contributed by atoms with Gasteiger partial charge in [-0.2, -0.15) is 0 Å². The summed E-state index contributed by atoms with van der Waals surface area (Å²) in [5.74, 6) is -0.00802. The molecule has 0 unspecified atom stereocenters. The van der Waals surface area contributed by atoms with Gasteiger partial charge < -0.3 is 15.5 Å². The number of amides is 3. The monoisotopic (exact) mass is 420 g/mol. The molecule has 1 aliphatic carbocycles. The Kier molecular flexibility index (Phi) is 6.16. The SMILES string of the molecule is CCN(CC)C(=O)c1ccc2c(c1)nnn2CCNC(=O)Nc1ccc2c(c1)CCC2. The third-order valence-corrected chi connectivity index (χ3v) is 5.78. The van der Waals surface area contributed by atoms with E-state index in [0.29, 0.717) is 37.3 Å². The molecule has 8 nitrogen and oxygen atoms in total. The van der Waals surface area contributed by atoms with Crippen molar-refractivity contribution >= 4 is 28.7 Å². The zero-order valence-corrected chi connectivity index (χ0v) is 18.0. The summed E-state index contributed by atoms with van der Waals surface area (Å²) in [5.41, 5.74) is 5.62. The quantitative estimate of drug-likeness (QED) is 0.614. The van der Waals surface area contributed by atoms with Gasteiger partial charge in [-0.1, -0.05) is 11.3 Å². The fraction of sp³-hybridized carbons (Fsp3) is 0.391. The van der Waals surface area contributed by atoms with Gasteiger partial charge >= 0.3 is 6.03 Å². The molecule has 31 heavy (non-hydrogen) atoms. The molecule has 162 valence electrons. The first-order valence-electron chi connectivity index (χ1n) is 10.9. The summed E-state index contributed by atoms with van der Waals surface area (Å²) in [6.45, 7) is 6.15. The summed E-state index contributed by atoms with van der Waals surface area (Å²) in [7, 11) is 0. The van der Waals surface area contributed by atoms with Crippen LogP contribution in [0.5, 0.6) is 0 Å². The molecule has 3 aromatic rings. The van der Waals surface area contributed by atoms with Crippen molar-refractivity contribution in [2.45, 2.75) is 39.7 Å². The van der Waals surface area contributed by atoms with Crippen LogP contribution in [-0.4, -0.2) is 51.5 Å². The third-order valence-electron chi connectivity index (χ3n) is 5.78. The molecule has 0 atom stereocenters. The van der Waals surface area contributed by atoms with Crippen LogP contribution >= 0.6 is 0 Å². The summed E-state index contributed by atoms with van der Waals surface area (Å²) in [6.07, 6.45) is 3.38. The van der Waals surface area contributed by atoms with E-state index in [1.807, 2.05) is 26.0 Å². The number of hydrogen-bond donors (Lipinski definition) is 2. The molecule has 2 aromatic carbocycles. The number of anilines is 1. The minimum Gasteiger partial charge on any atom is -0.339 e.